The SMILES string of the molecule is CCN(CC)C(C[C@H](N)C(=O)O)C(=O)O. The van der Waals surface area contributed by atoms with Crippen LogP contribution in [-0.2, 0) is 9.59 Å². The van der Waals surface area contributed by atoms with E-state index in [2.05, 4.69) is 0 Å². The molecule has 0 aromatic rings. The summed E-state index contributed by atoms with van der Waals surface area (Å²) in [5.41, 5.74) is 5.31. The molecule has 0 radical (unpaired) electrons. The number of hydrogen-bond acceptors (Lipinski definition) is 4. The van der Waals surface area contributed by atoms with Crippen LogP contribution in [0.25, 0.3) is 0 Å². The molecule has 88 valence electrons. The Balaban J connectivity index is 4.53. The fraction of sp³-hybridized carbons (Fsp3) is 0.778. The first kappa shape index (κ1) is 13.9. The molecule has 6 nitrogen and oxygen atoms in total. The van der Waals surface area contributed by atoms with E-state index in [1.54, 1.807) is 4.90 Å². The Morgan fingerprint density at radius 3 is 1.93 bits per heavy atom. The van der Waals surface area contributed by atoms with Crippen molar-refractivity contribution in [2.24, 2.45) is 5.73 Å². The lowest BCUT2D eigenvalue weighted by molar-refractivity contribution is -0.145. The summed E-state index contributed by atoms with van der Waals surface area (Å²) in [6, 6.07) is -1.96. The molecule has 0 saturated heterocycles. The molecule has 4 N–H and O–H groups in total. The van der Waals surface area contributed by atoms with E-state index >= 15 is 0 Å². The Labute approximate surface area is 88.7 Å². The average Bonchev–Trinajstić information content (AvgIpc) is 2.17. The number of carboxylic acid groups (broad SMARTS) is 2. The Hall–Kier alpha value is -1.14. The van der Waals surface area contributed by atoms with Gasteiger partial charge in [-0.1, -0.05) is 13.8 Å². The Kier molecular flexibility index (Phi) is 5.88. The van der Waals surface area contributed by atoms with Crippen LogP contribution in [0.1, 0.15) is 20.3 Å². The summed E-state index contributed by atoms with van der Waals surface area (Å²) in [7, 11) is 0. The lowest BCUT2D eigenvalue weighted by Gasteiger charge is -2.27. The molecule has 0 bridgehead atoms. The average molecular weight is 218 g/mol. The molecule has 0 aromatic heterocycles. The number of aliphatic carboxylic acids is 2. The van der Waals surface area contributed by atoms with E-state index in [0.717, 1.165) is 0 Å². The number of carbonyl (C=O) groups is 2. The quantitative estimate of drug-likeness (QED) is 0.536. The van der Waals surface area contributed by atoms with E-state index < -0.39 is 24.0 Å². The van der Waals surface area contributed by atoms with Gasteiger partial charge in [-0.25, -0.2) is 0 Å². The number of likely N-dealkylation sites (N-methyl/N-ethyl adjacent to an activating group) is 1. The fourth-order valence-corrected chi connectivity index (χ4v) is 1.41. The van der Waals surface area contributed by atoms with Crippen molar-refractivity contribution in [2.75, 3.05) is 13.1 Å². The van der Waals surface area contributed by atoms with Crippen LogP contribution in [0.4, 0.5) is 0 Å². The second kappa shape index (κ2) is 6.36. The predicted molar refractivity (Wildman–Crippen MR) is 54.6 cm³/mol. The summed E-state index contributed by atoms with van der Waals surface area (Å²) in [6.07, 6.45) is -0.0770. The molecule has 0 aliphatic carbocycles. The van der Waals surface area contributed by atoms with Crippen molar-refractivity contribution in [1.29, 1.82) is 0 Å². The highest BCUT2D eigenvalue weighted by Gasteiger charge is 2.28. The minimum Gasteiger partial charge on any atom is -0.480 e. The molecule has 0 amide bonds. The highest BCUT2D eigenvalue weighted by atomic mass is 16.4. The normalized spacial score (nSPS) is 14.9. The maximum atomic E-state index is 10.9. The van der Waals surface area contributed by atoms with Crippen LogP contribution in [0.15, 0.2) is 0 Å². The number of nitrogens with two attached hydrogens (primary N) is 1. The first-order chi connectivity index (χ1) is 6.93. The Bertz CT molecular complexity index is 228. The van der Waals surface area contributed by atoms with Crippen molar-refractivity contribution < 1.29 is 19.8 Å². The summed E-state index contributed by atoms with van der Waals surface area (Å²) in [5, 5.41) is 17.5. The van der Waals surface area contributed by atoms with Gasteiger partial charge in [0.25, 0.3) is 0 Å². The zero-order valence-corrected chi connectivity index (χ0v) is 9.01. The third kappa shape index (κ3) is 4.26. The number of nitrogens with zero attached hydrogens (tertiary/aromatic N) is 1. The van der Waals surface area contributed by atoms with Crippen LogP contribution in [0.5, 0.6) is 0 Å². The van der Waals surface area contributed by atoms with Crippen LogP contribution >= 0.6 is 0 Å². The molecule has 0 saturated carbocycles. The Morgan fingerprint density at radius 2 is 1.67 bits per heavy atom. The monoisotopic (exact) mass is 218 g/mol. The van der Waals surface area contributed by atoms with Crippen molar-refractivity contribution >= 4 is 11.9 Å². The molecule has 1 unspecified atom stereocenters. The van der Waals surface area contributed by atoms with Gasteiger partial charge in [-0.15, -0.1) is 0 Å². The molecule has 0 spiro atoms. The van der Waals surface area contributed by atoms with Gasteiger partial charge in [0.1, 0.15) is 12.1 Å². The molecule has 0 fully saturated rings. The fourth-order valence-electron chi connectivity index (χ4n) is 1.41. The zero-order chi connectivity index (χ0) is 12.0. The highest BCUT2D eigenvalue weighted by molar-refractivity contribution is 5.77. The molecule has 0 rings (SSSR count). The lowest BCUT2D eigenvalue weighted by Crippen LogP contribution is -2.46. The van der Waals surface area contributed by atoms with Gasteiger partial charge in [-0.3, -0.25) is 14.5 Å². The van der Waals surface area contributed by atoms with Crippen molar-refractivity contribution in [2.45, 2.75) is 32.4 Å². The Morgan fingerprint density at radius 1 is 1.20 bits per heavy atom. The maximum absolute atomic E-state index is 10.9. The summed E-state index contributed by atoms with van der Waals surface area (Å²) in [6.45, 7) is 4.76. The van der Waals surface area contributed by atoms with Gasteiger partial charge >= 0.3 is 11.9 Å². The van der Waals surface area contributed by atoms with Gasteiger partial charge in [-0.2, -0.15) is 0 Å². The third-order valence-corrected chi connectivity index (χ3v) is 2.33. The summed E-state index contributed by atoms with van der Waals surface area (Å²) < 4.78 is 0. The number of rotatable bonds is 7. The van der Waals surface area contributed by atoms with E-state index in [0.29, 0.717) is 13.1 Å². The summed E-state index contributed by atoms with van der Waals surface area (Å²) in [5.74, 6) is -2.20. The van der Waals surface area contributed by atoms with Gasteiger partial charge in [0.2, 0.25) is 0 Å². The molecule has 0 aliphatic heterocycles. The molecule has 6 heteroatoms. The van der Waals surface area contributed by atoms with Gasteiger partial charge in [0.15, 0.2) is 0 Å². The maximum Gasteiger partial charge on any atom is 0.320 e. The second-order valence-electron chi connectivity index (χ2n) is 3.26. The first-order valence-corrected chi connectivity index (χ1v) is 4.89. The van der Waals surface area contributed by atoms with Gasteiger partial charge in [0.05, 0.1) is 0 Å². The molecule has 0 heterocycles. The van der Waals surface area contributed by atoms with Crippen LogP contribution in [0, 0.1) is 0 Å². The lowest BCUT2D eigenvalue weighted by atomic mass is 10.1. The summed E-state index contributed by atoms with van der Waals surface area (Å²) >= 11 is 0. The van der Waals surface area contributed by atoms with Crippen molar-refractivity contribution in [3.8, 4) is 0 Å². The van der Waals surface area contributed by atoms with Gasteiger partial charge in [0, 0.05) is 0 Å². The van der Waals surface area contributed by atoms with Crippen molar-refractivity contribution in [3.05, 3.63) is 0 Å². The molecular formula is C9H18N2O4. The molecule has 0 aromatic carbocycles. The molecule has 2 atom stereocenters. The smallest absolute Gasteiger partial charge is 0.320 e. The topological polar surface area (TPSA) is 104 Å². The highest BCUT2D eigenvalue weighted by Crippen LogP contribution is 2.07. The van der Waals surface area contributed by atoms with E-state index in [9.17, 15) is 9.59 Å². The summed E-state index contributed by atoms with van der Waals surface area (Å²) in [4.78, 5) is 23.1. The van der Waals surface area contributed by atoms with Crippen LogP contribution in [0.2, 0.25) is 0 Å². The van der Waals surface area contributed by atoms with E-state index in [-0.39, 0.29) is 6.42 Å². The van der Waals surface area contributed by atoms with Crippen molar-refractivity contribution in [1.82, 2.24) is 4.90 Å². The number of carboxylic acids is 2. The van der Waals surface area contributed by atoms with Gasteiger partial charge in [-0.05, 0) is 19.5 Å². The largest absolute Gasteiger partial charge is 0.480 e. The molecule has 15 heavy (non-hydrogen) atoms. The van der Waals surface area contributed by atoms with E-state index in [1.165, 1.54) is 0 Å². The molecular weight excluding hydrogens is 200 g/mol. The van der Waals surface area contributed by atoms with Crippen LogP contribution < -0.4 is 5.73 Å². The minimum atomic E-state index is -1.17. The standard InChI is InChI=1S/C9H18N2O4/c1-3-11(4-2)7(9(14)15)5-6(10)8(12)13/h6-7H,3-5,10H2,1-2H3,(H,12,13)(H,14,15)/t6-,7?/m0/s1. The predicted octanol–water partition coefficient (Wildman–Crippen LogP) is -0.417. The van der Waals surface area contributed by atoms with E-state index in [1.807, 2.05) is 13.8 Å². The van der Waals surface area contributed by atoms with E-state index in [4.69, 9.17) is 15.9 Å². The van der Waals surface area contributed by atoms with Crippen LogP contribution in [0.3, 0.4) is 0 Å². The second-order valence-corrected chi connectivity index (χ2v) is 3.26. The number of hydrogen-bond donors (Lipinski definition) is 3. The third-order valence-electron chi connectivity index (χ3n) is 2.33. The molecule has 0 aliphatic rings. The van der Waals surface area contributed by atoms with Gasteiger partial charge < -0.3 is 15.9 Å². The first-order valence-electron chi connectivity index (χ1n) is 4.89. The van der Waals surface area contributed by atoms with Crippen LogP contribution in [-0.4, -0.2) is 52.2 Å². The zero-order valence-electron chi connectivity index (χ0n) is 9.01. The van der Waals surface area contributed by atoms with Crippen molar-refractivity contribution in [3.63, 3.8) is 0 Å². The minimum absolute atomic E-state index is 0.0770.